The molecule has 4 N–H and O–H groups in total. The third-order valence-corrected chi connectivity index (χ3v) is 4.60. The summed E-state index contributed by atoms with van der Waals surface area (Å²) < 4.78 is 14.7. The number of para-hydroxylation sites is 1. The molecule has 29 heavy (non-hydrogen) atoms. The van der Waals surface area contributed by atoms with Crippen molar-refractivity contribution in [2.75, 3.05) is 0 Å². The second-order valence-electron chi connectivity index (χ2n) is 6.63. The van der Waals surface area contributed by atoms with Gasteiger partial charge in [-0.1, -0.05) is 30.3 Å². The molecule has 1 heterocycles. The summed E-state index contributed by atoms with van der Waals surface area (Å²) in [5.41, 5.74) is 6.73. The minimum Gasteiger partial charge on any atom is -0.481 e. The van der Waals surface area contributed by atoms with E-state index in [2.05, 4.69) is 10.4 Å². The van der Waals surface area contributed by atoms with Gasteiger partial charge in [0.1, 0.15) is 11.9 Å². The number of nitrogens with two attached hydrogens (primary N) is 1. The number of primary amides is 1. The highest BCUT2D eigenvalue weighted by Gasteiger charge is 2.31. The van der Waals surface area contributed by atoms with Crippen LogP contribution >= 0.6 is 0 Å². The van der Waals surface area contributed by atoms with E-state index in [9.17, 15) is 18.8 Å². The van der Waals surface area contributed by atoms with Crippen molar-refractivity contribution in [2.24, 2.45) is 11.7 Å². The molecule has 0 saturated heterocycles. The third kappa shape index (κ3) is 4.23. The number of carboxylic acids is 1. The highest BCUT2D eigenvalue weighted by atomic mass is 19.1. The maximum absolute atomic E-state index is 13.1. The maximum atomic E-state index is 13.1. The van der Waals surface area contributed by atoms with E-state index in [0.717, 1.165) is 5.56 Å². The van der Waals surface area contributed by atoms with Crippen molar-refractivity contribution in [3.63, 3.8) is 0 Å². The van der Waals surface area contributed by atoms with Gasteiger partial charge in [-0.05, 0) is 30.7 Å². The summed E-state index contributed by atoms with van der Waals surface area (Å²) in [7, 11) is 0. The molecule has 8 nitrogen and oxygen atoms in total. The van der Waals surface area contributed by atoms with Crippen LogP contribution in [0.2, 0.25) is 0 Å². The molecule has 0 bridgehead atoms. The number of fused-ring (bicyclic) bond motifs is 1. The van der Waals surface area contributed by atoms with E-state index in [4.69, 9.17) is 10.8 Å². The largest absolute Gasteiger partial charge is 0.481 e. The van der Waals surface area contributed by atoms with Gasteiger partial charge in [-0.2, -0.15) is 5.10 Å². The quantitative estimate of drug-likeness (QED) is 0.556. The van der Waals surface area contributed by atoms with E-state index in [-0.39, 0.29) is 11.5 Å². The number of aromatic nitrogens is 2. The number of nitrogens with zero attached hydrogens (tertiary/aromatic N) is 2. The molecular formula is C20H19FN4O4. The van der Waals surface area contributed by atoms with Gasteiger partial charge in [-0.3, -0.25) is 19.1 Å². The number of hydrogen-bond acceptors (Lipinski definition) is 4. The van der Waals surface area contributed by atoms with Gasteiger partial charge in [-0.15, -0.1) is 0 Å². The number of carboxylic acid groups (broad SMARTS) is 1. The van der Waals surface area contributed by atoms with E-state index in [0.29, 0.717) is 17.4 Å². The fourth-order valence-corrected chi connectivity index (χ4v) is 2.97. The Morgan fingerprint density at radius 2 is 1.83 bits per heavy atom. The van der Waals surface area contributed by atoms with Crippen molar-refractivity contribution in [1.29, 1.82) is 0 Å². The lowest BCUT2D eigenvalue weighted by atomic mass is 10.0. The monoisotopic (exact) mass is 398 g/mol. The number of hydrogen-bond donors (Lipinski definition) is 3. The van der Waals surface area contributed by atoms with Gasteiger partial charge in [0.2, 0.25) is 5.91 Å². The summed E-state index contributed by atoms with van der Waals surface area (Å²) in [5, 5.41) is 16.4. The topological polar surface area (TPSA) is 127 Å². The van der Waals surface area contributed by atoms with Crippen molar-refractivity contribution in [1.82, 2.24) is 15.1 Å². The van der Waals surface area contributed by atoms with Crippen molar-refractivity contribution >= 4 is 28.7 Å². The van der Waals surface area contributed by atoms with Crippen molar-refractivity contribution in [3.8, 4) is 0 Å². The summed E-state index contributed by atoms with van der Waals surface area (Å²) in [4.78, 5) is 35.6. The van der Waals surface area contributed by atoms with E-state index in [1.807, 2.05) is 0 Å². The molecule has 0 aliphatic heterocycles. The van der Waals surface area contributed by atoms with Gasteiger partial charge in [-0.25, -0.2) is 4.39 Å². The number of amides is 2. The number of carbonyl (C=O) groups is 3. The molecule has 0 unspecified atom stereocenters. The molecule has 1 aromatic heterocycles. The van der Waals surface area contributed by atoms with Crippen LogP contribution in [0.3, 0.4) is 0 Å². The van der Waals surface area contributed by atoms with Crippen LogP contribution in [-0.4, -0.2) is 38.7 Å². The van der Waals surface area contributed by atoms with Crippen LogP contribution in [0, 0.1) is 11.7 Å². The van der Waals surface area contributed by atoms with Crippen LogP contribution in [-0.2, 0) is 16.1 Å². The molecular weight excluding hydrogens is 379 g/mol. The predicted molar refractivity (Wildman–Crippen MR) is 102 cm³/mol. The number of carbonyl (C=O) groups excluding carboxylic acids is 2. The number of rotatable bonds is 7. The van der Waals surface area contributed by atoms with Crippen molar-refractivity contribution in [3.05, 3.63) is 65.6 Å². The smallest absolute Gasteiger partial charge is 0.308 e. The molecule has 2 aromatic carbocycles. The summed E-state index contributed by atoms with van der Waals surface area (Å²) in [6.07, 6.45) is 0. The number of benzene rings is 2. The first-order chi connectivity index (χ1) is 13.8. The minimum absolute atomic E-state index is 0.0338. The lowest BCUT2D eigenvalue weighted by Crippen LogP contribution is -2.50. The first-order valence-corrected chi connectivity index (χ1v) is 8.81. The van der Waals surface area contributed by atoms with Crippen LogP contribution in [0.1, 0.15) is 23.0 Å². The Hall–Kier alpha value is -3.75. The number of halogens is 1. The zero-order chi connectivity index (χ0) is 21.1. The second-order valence-corrected chi connectivity index (χ2v) is 6.63. The fraction of sp³-hybridized carbons (Fsp3) is 0.200. The minimum atomic E-state index is -1.39. The molecule has 2 amide bonds. The SMILES string of the molecule is C[C@@H](C(=O)O)[C@@H](NC(=O)c1nn(Cc2ccc(F)cc2)c2ccccc12)C(N)=O. The Kier molecular flexibility index (Phi) is 5.58. The molecule has 0 aliphatic carbocycles. The van der Waals surface area contributed by atoms with Gasteiger partial charge in [0.25, 0.3) is 5.91 Å². The van der Waals surface area contributed by atoms with E-state index >= 15 is 0 Å². The zero-order valence-corrected chi connectivity index (χ0v) is 15.5. The maximum Gasteiger partial charge on any atom is 0.308 e. The molecule has 0 saturated carbocycles. The summed E-state index contributed by atoms with van der Waals surface area (Å²) >= 11 is 0. The molecule has 0 spiro atoms. The molecule has 150 valence electrons. The Labute approximate surface area is 165 Å². The summed E-state index contributed by atoms with van der Waals surface area (Å²) in [5.74, 6) is -4.49. The Bertz CT molecular complexity index is 1080. The molecule has 3 rings (SSSR count). The van der Waals surface area contributed by atoms with Gasteiger partial charge >= 0.3 is 5.97 Å². The fourth-order valence-electron chi connectivity index (χ4n) is 2.97. The van der Waals surface area contributed by atoms with Crippen molar-refractivity contribution < 1.29 is 23.9 Å². The molecule has 9 heteroatoms. The first-order valence-electron chi connectivity index (χ1n) is 8.81. The van der Waals surface area contributed by atoms with E-state index < -0.39 is 29.7 Å². The second kappa shape index (κ2) is 8.09. The van der Waals surface area contributed by atoms with Gasteiger partial charge in [0.05, 0.1) is 18.0 Å². The predicted octanol–water partition coefficient (Wildman–Crippen LogP) is 1.53. The Balaban J connectivity index is 1.94. The zero-order valence-electron chi connectivity index (χ0n) is 15.5. The lowest BCUT2D eigenvalue weighted by molar-refractivity contribution is -0.144. The number of aliphatic carboxylic acids is 1. The molecule has 0 aliphatic rings. The van der Waals surface area contributed by atoms with Crippen LogP contribution in [0.5, 0.6) is 0 Å². The lowest BCUT2D eigenvalue weighted by Gasteiger charge is -2.18. The highest BCUT2D eigenvalue weighted by Crippen LogP contribution is 2.20. The van der Waals surface area contributed by atoms with Crippen LogP contribution in [0.25, 0.3) is 10.9 Å². The van der Waals surface area contributed by atoms with E-state index in [1.54, 1.807) is 41.1 Å². The first kappa shape index (κ1) is 20.0. The highest BCUT2D eigenvalue weighted by molar-refractivity contribution is 6.06. The molecule has 2 atom stereocenters. The molecule has 3 aromatic rings. The Morgan fingerprint density at radius 1 is 1.17 bits per heavy atom. The van der Waals surface area contributed by atoms with Gasteiger partial charge in [0.15, 0.2) is 5.69 Å². The molecule has 0 radical (unpaired) electrons. The standard InChI is InChI=1S/C20H19FN4O4/c1-11(20(28)29)16(18(22)26)23-19(27)17-14-4-2-3-5-15(14)25(24-17)10-12-6-8-13(21)9-7-12/h2-9,11,16H,10H2,1H3,(H2,22,26)(H,23,27)(H,28,29)/t11-,16-/m1/s1. The number of nitrogens with one attached hydrogen (secondary N) is 1. The third-order valence-electron chi connectivity index (χ3n) is 4.60. The van der Waals surface area contributed by atoms with E-state index in [1.165, 1.54) is 19.1 Å². The average molecular weight is 398 g/mol. The van der Waals surface area contributed by atoms with Crippen LogP contribution in [0.4, 0.5) is 4.39 Å². The Morgan fingerprint density at radius 3 is 2.45 bits per heavy atom. The van der Waals surface area contributed by atoms with Crippen molar-refractivity contribution in [2.45, 2.75) is 19.5 Å². The average Bonchev–Trinajstić information content (AvgIpc) is 3.05. The van der Waals surface area contributed by atoms with Gasteiger partial charge in [0, 0.05) is 5.39 Å². The van der Waals surface area contributed by atoms with Crippen LogP contribution < -0.4 is 11.1 Å². The van der Waals surface area contributed by atoms with Crippen LogP contribution in [0.15, 0.2) is 48.5 Å². The van der Waals surface area contributed by atoms with Gasteiger partial charge < -0.3 is 16.2 Å². The summed E-state index contributed by atoms with van der Waals surface area (Å²) in [6.45, 7) is 1.57. The normalized spacial score (nSPS) is 13.0. The summed E-state index contributed by atoms with van der Waals surface area (Å²) in [6, 6.07) is 11.5. The molecule has 0 fully saturated rings.